The van der Waals surface area contributed by atoms with Crippen LogP contribution < -0.4 is 0 Å². The Labute approximate surface area is 186 Å². The Morgan fingerprint density at radius 2 is 1.53 bits per heavy atom. The molecule has 0 aliphatic heterocycles. The standard InChI is InChI=1S/C26H45N2OSi/c1-19(2)30(20(3)4,21(5)6)27-17-23(18-28(9,10)11)25-22(13-12-14-24(25)27)15-16-26(7,8)29/h12-17,19-21,29H,18H2,1-11H3/q+1/b16-15+. The zero-order valence-electron chi connectivity index (χ0n) is 21.2. The van der Waals surface area contributed by atoms with Crippen molar-refractivity contribution in [1.29, 1.82) is 0 Å². The molecule has 0 saturated carbocycles. The van der Waals surface area contributed by atoms with Crippen molar-refractivity contribution in [3.8, 4) is 0 Å². The number of aromatic nitrogens is 1. The highest BCUT2D eigenvalue weighted by atomic mass is 28.3. The summed E-state index contributed by atoms with van der Waals surface area (Å²) in [6, 6.07) is 6.68. The Morgan fingerprint density at radius 1 is 1.00 bits per heavy atom. The number of rotatable bonds is 8. The van der Waals surface area contributed by atoms with Crippen molar-refractivity contribution in [2.45, 2.75) is 84.2 Å². The number of fused-ring (bicyclic) bond motifs is 1. The third-order valence-electron chi connectivity index (χ3n) is 6.45. The van der Waals surface area contributed by atoms with E-state index in [4.69, 9.17) is 0 Å². The highest BCUT2D eigenvalue weighted by molar-refractivity contribution is 6.82. The minimum atomic E-state index is -1.87. The molecule has 4 heteroatoms. The summed E-state index contributed by atoms with van der Waals surface area (Å²) in [5.41, 5.74) is 5.07. The van der Waals surface area contributed by atoms with Gasteiger partial charge in [-0.15, -0.1) is 0 Å². The van der Waals surface area contributed by atoms with Gasteiger partial charge in [-0.1, -0.05) is 65.8 Å². The molecule has 0 atom stereocenters. The topological polar surface area (TPSA) is 25.2 Å². The van der Waals surface area contributed by atoms with Crippen LogP contribution in [0.1, 0.15) is 66.5 Å². The van der Waals surface area contributed by atoms with E-state index in [0.29, 0.717) is 16.6 Å². The second-order valence-corrected chi connectivity index (χ2v) is 17.3. The maximum absolute atomic E-state index is 10.3. The van der Waals surface area contributed by atoms with E-state index in [1.807, 2.05) is 19.9 Å². The lowest BCUT2D eigenvalue weighted by molar-refractivity contribution is -0.883. The molecule has 0 saturated heterocycles. The molecule has 0 radical (unpaired) electrons. The van der Waals surface area contributed by atoms with Gasteiger partial charge in [0.1, 0.15) is 6.54 Å². The summed E-state index contributed by atoms with van der Waals surface area (Å²) >= 11 is 0. The number of hydrogen-bond donors (Lipinski definition) is 1. The minimum Gasteiger partial charge on any atom is -0.386 e. The van der Waals surface area contributed by atoms with Crippen LogP contribution >= 0.6 is 0 Å². The molecule has 168 valence electrons. The molecule has 1 aromatic carbocycles. The molecule has 3 nitrogen and oxygen atoms in total. The molecule has 0 aliphatic rings. The van der Waals surface area contributed by atoms with Gasteiger partial charge in [-0.3, -0.25) is 0 Å². The van der Waals surface area contributed by atoms with Crippen molar-refractivity contribution >= 4 is 25.2 Å². The number of hydrogen-bond acceptors (Lipinski definition) is 1. The largest absolute Gasteiger partial charge is 0.386 e. The van der Waals surface area contributed by atoms with Gasteiger partial charge in [0.15, 0.2) is 8.24 Å². The normalized spacial score (nSPS) is 14.2. The van der Waals surface area contributed by atoms with E-state index in [2.05, 4.69) is 97.4 Å². The minimum absolute atomic E-state index is 0.639. The predicted octanol–water partition coefficient (Wildman–Crippen LogP) is 6.66. The van der Waals surface area contributed by atoms with Gasteiger partial charge >= 0.3 is 0 Å². The van der Waals surface area contributed by atoms with E-state index < -0.39 is 13.8 Å². The maximum atomic E-state index is 10.3. The van der Waals surface area contributed by atoms with Crippen molar-refractivity contribution < 1.29 is 9.59 Å². The fourth-order valence-electron chi connectivity index (χ4n) is 5.62. The van der Waals surface area contributed by atoms with Crippen molar-refractivity contribution in [2.24, 2.45) is 0 Å². The first-order valence-corrected chi connectivity index (χ1v) is 13.6. The summed E-state index contributed by atoms with van der Waals surface area (Å²) in [6.07, 6.45) is 6.50. The first-order valence-electron chi connectivity index (χ1n) is 11.5. The first kappa shape index (κ1) is 24.9. The van der Waals surface area contributed by atoms with Crippen LogP contribution in [-0.2, 0) is 6.54 Å². The molecule has 30 heavy (non-hydrogen) atoms. The molecule has 0 amide bonds. The van der Waals surface area contributed by atoms with E-state index >= 15 is 0 Å². The third kappa shape index (κ3) is 4.92. The van der Waals surface area contributed by atoms with Crippen LogP contribution in [0.3, 0.4) is 0 Å². The monoisotopic (exact) mass is 429 g/mol. The summed E-state index contributed by atoms with van der Waals surface area (Å²) < 4.78 is 3.62. The summed E-state index contributed by atoms with van der Waals surface area (Å²) in [4.78, 5) is 0. The molecule has 1 N–H and O–H groups in total. The van der Waals surface area contributed by atoms with Crippen molar-refractivity contribution in [1.82, 2.24) is 4.23 Å². The van der Waals surface area contributed by atoms with Gasteiger partial charge in [0.2, 0.25) is 0 Å². The highest BCUT2D eigenvalue weighted by Crippen LogP contribution is 2.45. The number of benzene rings is 1. The van der Waals surface area contributed by atoms with Crippen molar-refractivity contribution in [3.05, 3.63) is 41.6 Å². The first-order chi connectivity index (χ1) is 13.6. The zero-order chi connectivity index (χ0) is 23.1. The Morgan fingerprint density at radius 3 is 1.97 bits per heavy atom. The molecule has 0 bridgehead atoms. The third-order valence-corrected chi connectivity index (χ3v) is 13.2. The van der Waals surface area contributed by atoms with Crippen molar-refractivity contribution in [2.75, 3.05) is 21.1 Å². The second kappa shape index (κ2) is 8.64. The van der Waals surface area contributed by atoms with Gasteiger partial charge in [0.05, 0.1) is 26.7 Å². The van der Waals surface area contributed by atoms with Gasteiger partial charge in [-0.05, 0) is 42.1 Å². The SMILES string of the molecule is CC(C)[Si](C(C)C)(C(C)C)n1cc(C[N+](C)(C)C)c2c(/C=C/C(C)(C)O)cccc21. The summed E-state index contributed by atoms with van der Waals surface area (Å²) in [5.74, 6) is 0. The molecule has 0 spiro atoms. The number of nitrogens with zero attached hydrogens (tertiary/aromatic N) is 2. The van der Waals surface area contributed by atoms with E-state index in [0.717, 1.165) is 11.0 Å². The van der Waals surface area contributed by atoms with Crippen LogP contribution in [0.2, 0.25) is 16.6 Å². The Hall–Kier alpha value is -1.36. The molecule has 0 unspecified atom stereocenters. The summed E-state index contributed by atoms with van der Waals surface area (Å²) in [6.45, 7) is 19.2. The van der Waals surface area contributed by atoms with Gasteiger partial charge in [-0.2, -0.15) is 0 Å². The quantitative estimate of drug-likeness (QED) is 0.368. The lowest BCUT2D eigenvalue weighted by Crippen LogP contribution is -2.51. The van der Waals surface area contributed by atoms with Crippen LogP contribution in [0, 0.1) is 0 Å². The average Bonchev–Trinajstić information content (AvgIpc) is 2.89. The van der Waals surface area contributed by atoms with Crippen LogP contribution in [0.25, 0.3) is 17.0 Å². The van der Waals surface area contributed by atoms with Gasteiger partial charge in [0, 0.05) is 22.7 Å². The van der Waals surface area contributed by atoms with Crippen LogP contribution in [-0.4, -0.2) is 48.8 Å². The molecule has 1 heterocycles. The van der Waals surface area contributed by atoms with Crippen molar-refractivity contribution in [3.63, 3.8) is 0 Å². The van der Waals surface area contributed by atoms with Gasteiger partial charge in [0.25, 0.3) is 0 Å². The number of quaternary nitrogens is 1. The van der Waals surface area contributed by atoms with E-state index in [-0.39, 0.29) is 0 Å². The van der Waals surface area contributed by atoms with E-state index in [9.17, 15) is 5.11 Å². The second-order valence-electron chi connectivity index (χ2n) is 11.6. The van der Waals surface area contributed by atoms with Gasteiger partial charge in [-0.25, -0.2) is 0 Å². The van der Waals surface area contributed by atoms with Crippen LogP contribution in [0.5, 0.6) is 0 Å². The van der Waals surface area contributed by atoms with Gasteiger partial charge < -0.3 is 13.8 Å². The lowest BCUT2D eigenvalue weighted by Gasteiger charge is -2.44. The predicted molar refractivity (Wildman–Crippen MR) is 135 cm³/mol. The molecule has 2 rings (SSSR count). The van der Waals surface area contributed by atoms with Crippen LogP contribution in [0.15, 0.2) is 30.5 Å². The lowest BCUT2D eigenvalue weighted by atomic mass is 10.0. The van der Waals surface area contributed by atoms with E-state index in [1.165, 1.54) is 22.0 Å². The fraction of sp³-hybridized carbons (Fsp3) is 0.615. The molecule has 0 fully saturated rings. The molecular weight excluding hydrogens is 384 g/mol. The fourth-order valence-corrected chi connectivity index (χ4v) is 12.3. The molecular formula is C26H45N2OSi+. The summed E-state index contributed by atoms with van der Waals surface area (Å²) in [7, 11) is 4.91. The number of aliphatic hydroxyl groups is 1. The maximum Gasteiger partial charge on any atom is 0.169 e. The Bertz CT molecular complexity index is 870. The Kier molecular flexibility index (Phi) is 7.17. The zero-order valence-corrected chi connectivity index (χ0v) is 22.2. The molecule has 1 aromatic heterocycles. The Balaban J connectivity index is 2.93. The molecule has 2 aromatic rings. The smallest absolute Gasteiger partial charge is 0.169 e. The van der Waals surface area contributed by atoms with Crippen LogP contribution in [0.4, 0.5) is 0 Å². The molecule has 0 aliphatic carbocycles. The average molecular weight is 430 g/mol. The highest BCUT2D eigenvalue weighted by Gasteiger charge is 2.46. The van der Waals surface area contributed by atoms with E-state index in [1.54, 1.807) is 0 Å². The summed E-state index contributed by atoms with van der Waals surface area (Å²) in [5, 5.41) is 11.6.